The van der Waals surface area contributed by atoms with Gasteiger partial charge in [0, 0.05) is 12.1 Å². The molecule has 1 aliphatic rings. The first kappa shape index (κ1) is 17.5. The van der Waals surface area contributed by atoms with Crippen LogP contribution in [0.2, 0.25) is 0 Å². The second-order valence-electron chi connectivity index (χ2n) is 6.36. The van der Waals surface area contributed by atoms with Gasteiger partial charge in [0.25, 0.3) is 5.91 Å². The number of carbonyl (C=O) groups excluding carboxylic acids is 1. The third-order valence-electron chi connectivity index (χ3n) is 4.48. The minimum absolute atomic E-state index is 0.0842. The largest absolute Gasteiger partial charge is 0.494 e. The predicted molar refractivity (Wildman–Crippen MR) is 96.8 cm³/mol. The van der Waals surface area contributed by atoms with E-state index in [2.05, 4.69) is 17.1 Å². The molecule has 1 aliphatic heterocycles. The Kier molecular flexibility index (Phi) is 6.12. The Morgan fingerprint density at radius 3 is 2.84 bits per heavy atom. The van der Waals surface area contributed by atoms with Crippen LogP contribution in [0.25, 0.3) is 0 Å². The molecular weight excluding hydrogens is 316 g/mol. The van der Waals surface area contributed by atoms with E-state index in [1.807, 2.05) is 30.3 Å². The van der Waals surface area contributed by atoms with Gasteiger partial charge in [-0.25, -0.2) is 0 Å². The van der Waals surface area contributed by atoms with Crippen molar-refractivity contribution in [1.82, 2.24) is 10.2 Å². The molecule has 1 aromatic carbocycles. The molecule has 0 saturated carbocycles. The van der Waals surface area contributed by atoms with Crippen molar-refractivity contribution >= 4 is 5.91 Å². The Bertz CT molecular complexity index is 663. The molecule has 5 heteroatoms. The van der Waals surface area contributed by atoms with E-state index in [4.69, 9.17) is 9.15 Å². The molecule has 1 atom stereocenters. The number of hydrogen-bond acceptors (Lipinski definition) is 4. The number of likely N-dealkylation sites (tertiary alicyclic amines) is 1. The number of furan rings is 1. The van der Waals surface area contributed by atoms with Crippen molar-refractivity contribution in [3.05, 3.63) is 54.0 Å². The van der Waals surface area contributed by atoms with E-state index < -0.39 is 0 Å². The van der Waals surface area contributed by atoms with Gasteiger partial charge in [0.05, 0.1) is 18.9 Å². The van der Waals surface area contributed by atoms with Gasteiger partial charge in [-0.15, -0.1) is 0 Å². The van der Waals surface area contributed by atoms with Crippen LogP contribution in [0.15, 0.2) is 47.1 Å². The van der Waals surface area contributed by atoms with Crippen LogP contribution in [0.4, 0.5) is 0 Å². The summed E-state index contributed by atoms with van der Waals surface area (Å²) in [6.07, 6.45) is 5.02. The van der Waals surface area contributed by atoms with Crippen molar-refractivity contribution in [3.63, 3.8) is 0 Å². The van der Waals surface area contributed by atoms with E-state index in [0.29, 0.717) is 18.7 Å². The molecular formula is C20H26N2O3. The van der Waals surface area contributed by atoms with Crippen molar-refractivity contribution in [2.24, 2.45) is 0 Å². The zero-order valence-corrected chi connectivity index (χ0v) is 14.7. The lowest BCUT2D eigenvalue weighted by Crippen LogP contribution is -2.36. The quantitative estimate of drug-likeness (QED) is 0.796. The maximum atomic E-state index is 12.5. The van der Waals surface area contributed by atoms with Crippen molar-refractivity contribution in [2.45, 2.75) is 32.2 Å². The Morgan fingerprint density at radius 2 is 2.12 bits per heavy atom. The van der Waals surface area contributed by atoms with Crippen LogP contribution >= 0.6 is 0 Å². The first-order valence-corrected chi connectivity index (χ1v) is 9.06. The van der Waals surface area contributed by atoms with Gasteiger partial charge in [-0.05, 0) is 62.7 Å². The molecule has 0 unspecified atom stereocenters. The summed E-state index contributed by atoms with van der Waals surface area (Å²) in [6, 6.07) is 11.3. The third kappa shape index (κ3) is 4.63. The first-order valence-electron chi connectivity index (χ1n) is 9.06. The van der Waals surface area contributed by atoms with Crippen LogP contribution in [-0.4, -0.2) is 37.0 Å². The molecule has 0 aliphatic carbocycles. The second kappa shape index (κ2) is 8.72. The first-order chi connectivity index (χ1) is 12.3. The lowest BCUT2D eigenvalue weighted by molar-refractivity contribution is 0.0933. The lowest BCUT2D eigenvalue weighted by Gasteiger charge is -2.26. The highest BCUT2D eigenvalue weighted by Crippen LogP contribution is 2.25. The summed E-state index contributed by atoms with van der Waals surface area (Å²) in [5.74, 6) is 1.55. The summed E-state index contributed by atoms with van der Waals surface area (Å²) >= 11 is 0. The number of ether oxygens (including phenoxy) is 1. The van der Waals surface area contributed by atoms with Gasteiger partial charge in [0.2, 0.25) is 0 Å². The Balaban J connectivity index is 1.63. The van der Waals surface area contributed by atoms with Crippen LogP contribution in [0, 0.1) is 0 Å². The normalized spacial score (nSPS) is 15.9. The van der Waals surface area contributed by atoms with E-state index in [9.17, 15) is 4.79 Å². The maximum Gasteiger partial charge on any atom is 0.251 e. The van der Waals surface area contributed by atoms with Gasteiger partial charge in [-0.1, -0.05) is 13.0 Å². The molecule has 3 rings (SSSR count). The highest BCUT2D eigenvalue weighted by Gasteiger charge is 2.26. The number of carbonyl (C=O) groups is 1. The number of hydrogen-bond donors (Lipinski definition) is 1. The van der Waals surface area contributed by atoms with E-state index in [-0.39, 0.29) is 11.9 Å². The highest BCUT2D eigenvalue weighted by molar-refractivity contribution is 5.94. The summed E-state index contributed by atoms with van der Waals surface area (Å²) < 4.78 is 11.2. The zero-order chi connectivity index (χ0) is 17.5. The molecule has 5 nitrogen and oxygen atoms in total. The smallest absolute Gasteiger partial charge is 0.251 e. The van der Waals surface area contributed by atoms with Gasteiger partial charge in [0.1, 0.15) is 11.5 Å². The van der Waals surface area contributed by atoms with Crippen LogP contribution in [0.3, 0.4) is 0 Å². The summed E-state index contributed by atoms with van der Waals surface area (Å²) in [7, 11) is 0. The maximum absolute atomic E-state index is 12.5. The second-order valence-corrected chi connectivity index (χ2v) is 6.36. The number of nitrogens with zero attached hydrogens (tertiary/aromatic N) is 1. The van der Waals surface area contributed by atoms with Gasteiger partial charge in [-0.2, -0.15) is 0 Å². The van der Waals surface area contributed by atoms with Crippen LogP contribution < -0.4 is 10.1 Å². The Labute approximate surface area is 149 Å². The zero-order valence-electron chi connectivity index (χ0n) is 14.7. The molecule has 1 fully saturated rings. The van der Waals surface area contributed by atoms with Gasteiger partial charge >= 0.3 is 0 Å². The number of benzene rings is 1. The molecule has 1 aromatic heterocycles. The topological polar surface area (TPSA) is 54.7 Å². The molecule has 0 radical (unpaired) electrons. The predicted octanol–water partition coefficient (Wildman–Crippen LogP) is 3.64. The molecule has 2 heterocycles. The van der Waals surface area contributed by atoms with E-state index >= 15 is 0 Å². The van der Waals surface area contributed by atoms with Crippen molar-refractivity contribution in [2.75, 3.05) is 26.2 Å². The number of nitrogens with one attached hydrogen (secondary N) is 1. The van der Waals surface area contributed by atoms with Crippen molar-refractivity contribution < 1.29 is 13.9 Å². The Hall–Kier alpha value is -2.27. The minimum atomic E-state index is -0.0855. The van der Waals surface area contributed by atoms with E-state index in [1.54, 1.807) is 12.3 Å². The van der Waals surface area contributed by atoms with E-state index in [1.165, 1.54) is 12.8 Å². The molecule has 0 bridgehead atoms. The fourth-order valence-electron chi connectivity index (χ4n) is 3.18. The fourth-order valence-corrected chi connectivity index (χ4v) is 3.18. The average Bonchev–Trinajstić information content (AvgIpc) is 3.34. The van der Waals surface area contributed by atoms with Crippen LogP contribution in [-0.2, 0) is 0 Å². The number of amides is 1. The van der Waals surface area contributed by atoms with Crippen LogP contribution in [0.5, 0.6) is 5.75 Å². The molecule has 25 heavy (non-hydrogen) atoms. The molecule has 1 saturated heterocycles. The average molecular weight is 342 g/mol. The molecule has 2 aromatic rings. The highest BCUT2D eigenvalue weighted by atomic mass is 16.5. The monoisotopic (exact) mass is 342 g/mol. The van der Waals surface area contributed by atoms with Gasteiger partial charge in [-0.3, -0.25) is 9.69 Å². The summed E-state index contributed by atoms with van der Waals surface area (Å²) in [5.41, 5.74) is 0.619. The third-order valence-corrected chi connectivity index (χ3v) is 4.48. The number of rotatable bonds is 8. The van der Waals surface area contributed by atoms with Crippen molar-refractivity contribution in [3.8, 4) is 5.75 Å². The summed E-state index contributed by atoms with van der Waals surface area (Å²) in [4.78, 5) is 14.9. The molecule has 134 valence electrons. The van der Waals surface area contributed by atoms with Crippen molar-refractivity contribution in [1.29, 1.82) is 0 Å². The molecule has 1 amide bonds. The Morgan fingerprint density at radius 1 is 1.28 bits per heavy atom. The molecule has 1 N–H and O–H groups in total. The fraction of sp³-hybridized carbons (Fsp3) is 0.450. The summed E-state index contributed by atoms with van der Waals surface area (Å²) in [6.45, 7) is 5.33. The standard InChI is InChI=1S/C20H26N2O3/c1-2-12-24-17-8-5-7-16(14-17)20(23)21-15-18(19-9-6-13-25-19)22-10-3-4-11-22/h5-9,13-14,18H,2-4,10-12,15H2,1H3,(H,21,23)/t18-/m0/s1. The van der Waals surface area contributed by atoms with Gasteiger partial charge < -0.3 is 14.5 Å². The van der Waals surface area contributed by atoms with Crippen LogP contribution in [0.1, 0.15) is 48.3 Å². The lowest BCUT2D eigenvalue weighted by atomic mass is 10.1. The molecule has 0 spiro atoms. The minimum Gasteiger partial charge on any atom is -0.494 e. The SMILES string of the molecule is CCCOc1cccc(C(=O)NC[C@@H](c2ccco2)N2CCCC2)c1. The summed E-state index contributed by atoms with van der Waals surface area (Å²) in [5, 5.41) is 3.05. The van der Waals surface area contributed by atoms with Gasteiger partial charge in [0.15, 0.2) is 0 Å². The van der Waals surface area contributed by atoms with E-state index in [0.717, 1.165) is 31.0 Å².